The number of hydrogen-bond donors (Lipinski definition) is 3. The van der Waals surface area contributed by atoms with E-state index in [9.17, 15) is 9.90 Å². The summed E-state index contributed by atoms with van der Waals surface area (Å²) in [7, 11) is 0. The Morgan fingerprint density at radius 3 is 2.92 bits per heavy atom. The summed E-state index contributed by atoms with van der Waals surface area (Å²) in [4.78, 5) is 12.2. The highest BCUT2D eigenvalue weighted by atomic mass is 79.9. The number of aromatic nitrogens is 1. The van der Waals surface area contributed by atoms with Gasteiger partial charge in [0.05, 0.1) is 5.52 Å². The van der Waals surface area contributed by atoms with E-state index >= 15 is 0 Å². The average molecular weight is 408 g/mol. The Balaban J connectivity index is 1.94. The van der Waals surface area contributed by atoms with E-state index in [2.05, 4.69) is 43.9 Å². The standard InChI is InChI=1S/C17H22BrN5O2/c1-3-4-7-23-14-6-5-11(18)9-12(14)15(17(23)25)21-22-16(24)13-8-10(2)19-20-13/h5-6,9-10,13,19-20,25H,3-4,7-8H2,1-2H3. The van der Waals surface area contributed by atoms with Crippen molar-refractivity contribution in [3.63, 3.8) is 0 Å². The Kier molecular flexibility index (Phi) is 5.51. The molecule has 3 N–H and O–H groups in total. The maximum absolute atomic E-state index is 12.2. The molecule has 2 aromatic rings. The topological polar surface area (TPSA) is 91.0 Å². The molecule has 1 amide bonds. The molecule has 1 aromatic carbocycles. The van der Waals surface area contributed by atoms with Gasteiger partial charge in [0.15, 0.2) is 5.69 Å². The lowest BCUT2D eigenvalue weighted by atomic mass is 10.1. The van der Waals surface area contributed by atoms with Crippen LogP contribution in [-0.4, -0.2) is 27.7 Å². The van der Waals surface area contributed by atoms with Crippen LogP contribution in [0, 0.1) is 0 Å². The van der Waals surface area contributed by atoms with Crippen molar-refractivity contribution < 1.29 is 9.90 Å². The van der Waals surface area contributed by atoms with E-state index in [1.165, 1.54) is 0 Å². The molecule has 0 saturated carbocycles. The van der Waals surface area contributed by atoms with Gasteiger partial charge in [0.1, 0.15) is 6.04 Å². The number of nitrogens with one attached hydrogen (secondary N) is 2. The quantitative estimate of drug-likeness (QED) is 0.657. The lowest BCUT2D eigenvalue weighted by molar-refractivity contribution is -0.120. The van der Waals surface area contributed by atoms with Crippen LogP contribution in [-0.2, 0) is 11.3 Å². The van der Waals surface area contributed by atoms with E-state index in [1.807, 2.05) is 29.7 Å². The van der Waals surface area contributed by atoms with Gasteiger partial charge in [0.2, 0.25) is 5.88 Å². The number of hydrogen-bond acceptors (Lipinski definition) is 5. The van der Waals surface area contributed by atoms with E-state index in [0.717, 1.165) is 28.2 Å². The normalized spacial score (nSPS) is 20.8. The van der Waals surface area contributed by atoms with Gasteiger partial charge in [0, 0.05) is 22.4 Å². The first-order valence-electron chi connectivity index (χ1n) is 8.48. The minimum absolute atomic E-state index is 0.0453. The molecule has 134 valence electrons. The van der Waals surface area contributed by atoms with Gasteiger partial charge in [-0.2, -0.15) is 0 Å². The number of hydrazine groups is 1. The van der Waals surface area contributed by atoms with Crippen molar-refractivity contribution in [1.82, 2.24) is 15.4 Å². The molecule has 0 spiro atoms. The molecular weight excluding hydrogens is 386 g/mol. The van der Waals surface area contributed by atoms with Gasteiger partial charge in [-0.3, -0.25) is 10.2 Å². The van der Waals surface area contributed by atoms with Gasteiger partial charge in [-0.15, -0.1) is 10.2 Å². The highest BCUT2D eigenvalue weighted by Crippen LogP contribution is 2.40. The number of aromatic hydroxyl groups is 1. The number of azo groups is 1. The Bertz CT molecular complexity index is 817. The van der Waals surface area contributed by atoms with Gasteiger partial charge >= 0.3 is 0 Å². The highest BCUT2D eigenvalue weighted by Gasteiger charge is 2.27. The highest BCUT2D eigenvalue weighted by molar-refractivity contribution is 9.10. The first kappa shape index (κ1) is 18.0. The van der Waals surface area contributed by atoms with E-state index in [1.54, 1.807) is 0 Å². The predicted octanol–water partition coefficient (Wildman–Crippen LogP) is 3.77. The minimum atomic E-state index is -0.388. The molecule has 2 atom stereocenters. The van der Waals surface area contributed by atoms with Crippen LogP contribution in [0.2, 0.25) is 0 Å². The van der Waals surface area contributed by atoms with Gasteiger partial charge in [-0.25, -0.2) is 5.43 Å². The molecule has 7 nitrogen and oxygen atoms in total. The van der Waals surface area contributed by atoms with Crippen molar-refractivity contribution in [2.75, 3.05) is 0 Å². The molecule has 0 radical (unpaired) electrons. The Morgan fingerprint density at radius 2 is 2.24 bits per heavy atom. The third kappa shape index (κ3) is 3.75. The third-order valence-electron chi connectivity index (χ3n) is 4.35. The first-order chi connectivity index (χ1) is 12.0. The smallest absolute Gasteiger partial charge is 0.282 e. The molecule has 1 saturated heterocycles. The fourth-order valence-electron chi connectivity index (χ4n) is 2.98. The number of aryl methyl sites for hydroxylation is 1. The number of halogens is 1. The summed E-state index contributed by atoms with van der Waals surface area (Å²) in [5.74, 6) is -0.301. The summed E-state index contributed by atoms with van der Waals surface area (Å²) in [5, 5.41) is 19.3. The first-order valence-corrected chi connectivity index (χ1v) is 9.28. The third-order valence-corrected chi connectivity index (χ3v) is 4.84. The fraction of sp³-hybridized carbons (Fsp3) is 0.471. The predicted molar refractivity (Wildman–Crippen MR) is 99.9 cm³/mol. The van der Waals surface area contributed by atoms with Crippen molar-refractivity contribution in [1.29, 1.82) is 0 Å². The summed E-state index contributed by atoms with van der Waals surface area (Å²) in [6, 6.07) is 5.56. The molecule has 1 aliphatic rings. The number of carbonyl (C=O) groups excluding carboxylic acids is 1. The molecule has 0 bridgehead atoms. The van der Waals surface area contributed by atoms with Crippen LogP contribution in [0.4, 0.5) is 5.69 Å². The van der Waals surface area contributed by atoms with Crippen LogP contribution in [0.15, 0.2) is 32.9 Å². The zero-order valence-corrected chi connectivity index (χ0v) is 15.9. The summed E-state index contributed by atoms with van der Waals surface area (Å²) >= 11 is 3.45. The number of nitrogens with zero attached hydrogens (tertiary/aromatic N) is 3. The molecule has 1 aliphatic heterocycles. The summed E-state index contributed by atoms with van der Waals surface area (Å²) in [5.41, 5.74) is 7.11. The van der Waals surface area contributed by atoms with Crippen molar-refractivity contribution in [3.05, 3.63) is 22.7 Å². The van der Waals surface area contributed by atoms with Gasteiger partial charge in [-0.1, -0.05) is 29.3 Å². The van der Waals surface area contributed by atoms with Crippen molar-refractivity contribution in [2.45, 2.75) is 51.7 Å². The van der Waals surface area contributed by atoms with Crippen molar-refractivity contribution in [3.8, 4) is 5.88 Å². The molecule has 2 unspecified atom stereocenters. The van der Waals surface area contributed by atoms with Crippen LogP contribution in [0.3, 0.4) is 0 Å². The second-order valence-electron chi connectivity index (χ2n) is 6.36. The number of fused-ring (bicyclic) bond motifs is 1. The Hall–Kier alpha value is -1.77. The van der Waals surface area contributed by atoms with Gasteiger partial charge in [0.25, 0.3) is 5.91 Å². The van der Waals surface area contributed by atoms with Crippen LogP contribution in [0.25, 0.3) is 10.9 Å². The zero-order chi connectivity index (χ0) is 18.0. The fourth-order valence-corrected chi connectivity index (χ4v) is 3.34. The molecule has 25 heavy (non-hydrogen) atoms. The largest absolute Gasteiger partial charge is 0.493 e. The lowest BCUT2D eigenvalue weighted by Crippen LogP contribution is -2.36. The molecule has 2 heterocycles. The van der Waals surface area contributed by atoms with E-state index < -0.39 is 0 Å². The molecule has 8 heteroatoms. The number of unbranched alkanes of at least 4 members (excludes halogenated alkanes) is 1. The minimum Gasteiger partial charge on any atom is -0.493 e. The Morgan fingerprint density at radius 1 is 1.44 bits per heavy atom. The van der Waals surface area contributed by atoms with E-state index in [-0.39, 0.29) is 23.9 Å². The van der Waals surface area contributed by atoms with Crippen LogP contribution < -0.4 is 10.9 Å². The molecule has 3 rings (SSSR count). The SMILES string of the molecule is CCCCn1c(O)c(N=NC(=O)C2CC(C)NN2)c2cc(Br)ccc21. The summed E-state index contributed by atoms with van der Waals surface area (Å²) < 4.78 is 2.70. The summed E-state index contributed by atoms with van der Waals surface area (Å²) in [6.45, 7) is 4.78. The van der Waals surface area contributed by atoms with Crippen LogP contribution >= 0.6 is 15.9 Å². The zero-order valence-electron chi connectivity index (χ0n) is 14.3. The monoisotopic (exact) mass is 407 g/mol. The van der Waals surface area contributed by atoms with Crippen LogP contribution in [0.1, 0.15) is 33.1 Å². The van der Waals surface area contributed by atoms with Gasteiger partial charge < -0.3 is 9.67 Å². The lowest BCUT2D eigenvalue weighted by Gasteiger charge is -2.05. The maximum Gasteiger partial charge on any atom is 0.282 e. The number of rotatable bonds is 5. The van der Waals surface area contributed by atoms with E-state index in [4.69, 9.17) is 0 Å². The van der Waals surface area contributed by atoms with Crippen molar-refractivity contribution >= 4 is 38.4 Å². The molecule has 1 aromatic heterocycles. The number of benzene rings is 1. The Labute approximate surface area is 154 Å². The average Bonchev–Trinajstić information content (AvgIpc) is 3.12. The second-order valence-corrected chi connectivity index (χ2v) is 7.27. The summed E-state index contributed by atoms with van der Waals surface area (Å²) in [6.07, 6.45) is 2.62. The van der Waals surface area contributed by atoms with Gasteiger partial charge in [-0.05, 0) is 38.0 Å². The van der Waals surface area contributed by atoms with E-state index in [0.29, 0.717) is 18.7 Å². The van der Waals surface area contributed by atoms with Crippen molar-refractivity contribution in [2.24, 2.45) is 10.2 Å². The second kappa shape index (κ2) is 7.63. The molecule has 0 aliphatic carbocycles. The molecule has 1 fully saturated rings. The number of carbonyl (C=O) groups is 1. The van der Waals surface area contributed by atoms with Crippen LogP contribution in [0.5, 0.6) is 5.88 Å². The molecular formula is C17H22BrN5O2. The number of amides is 1. The maximum atomic E-state index is 12.2.